The molecule has 0 radical (unpaired) electrons. The third-order valence-electron chi connectivity index (χ3n) is 10.3. The third kappa shape index (κ3) is 40.2. The number of likely N-dealkylation sites (N-methyl/N-ethyl adjacent to an activating group) is 1. The molecule has 9 nitrogen and oxygen atoms in total. The summed E-state index contributed by atoms with van der Waals surface area (Å²) in [6.07, 6.45) is 38.9. The molecule has 0 bridgehead atoms. The summed E-state index contributed by atoms with van der Waals surface area (Å²) in [4.78, 5) is 36.8. The lowest BCUT2D eigenvalue weighted by molar-refractivity contribution is -0.870. The number of carbonyl (C=O) groups excluding carboxylic acids is 2. The Morgan fingerprint density at radius 3 is 1.32 bits per heavy atom. The number of hydrogen-bond donors (Lipinski definition) is 1. The van der Waals surface area contributed by atoms with E-state index >= 15 is 0 Å². The second kappa shape index (κ2) is 39.8. The van der Waals surface area contributed by atoms with Gasteiger partial charge in [0.1, 0.15) is 13.2 Å². The maximum Gasteiger partial charge on any atom is 0.361 e. The van der Waals surface area contributed by atoms with Crippen molar-refractivity contribution in [2.24, 2.45) is 0 Å². The summed E-state index contributed by atoms with van der Waals surface area (Å²) >= 11 is 0. The van der Waals surface area contributed by atoms with Crippen LogP contribution >= 0.6 is 0 Å². The molecule has 0 aliphatic rings. The van der Waals surface area contributed by atoms with Gasteiger partial charge < -0.3 is 28.5 Å². The number of unbranched alkanes of at least 4 members (excludes halogenated alkanes) is 26. The average Bonchev–Trinajstić information content (AvgIpc) is 3.15. The number of carboxylic acids is 1. The van der Waals surface area contributed by atoms with E-state index in [1.807, 2.05) is 21.1 Å². The van der Waals surface area contributed by atoms with Gasteiger partial charge in [-0.3, -0.25) is 9.59 Å². The van der Waals surface area contributed by atoms with Crippen molar-refractivity contribution in [1.82, 2.24) is 0 Å². The zero-order valence-corrected chi connectivity index (χ0v) is 37.3. The van der Waals surface area contributed by atoms with Crippen LogP contribution in [0.5, 0.6) is 0 Å². The Morgan fingerprint density at radius 1 is 0.518 bits per heavy atom. The van der Waals surface area contributed by atoms with E-state index in [-0.39, 0.29) is 32.2 Å². The van der Waals surface area contributed by atoms with Crippen molar-refractivity contribution >= 4 is 17.9 Å². The van der Waals surface area contributed by atoms with Gasteiger partial charge in [-0.25, -0.2) is 4.79 Å². The molecule has 0 spiro atoms. The van der Waals surface area contributed by atoms with E-state index < -0.39 is 24.3 Å². The summed E-state index contributed by atoms with van der Waals surface area (Å²) in [6, 6.07) is 0. The van der Waals surface area contributed by atoms with Crippen molar-refractivity contribution in [3.05, 3.63) is 12.2 Å². The number of quaternary nitrogens is 1. The van der Waals surface area contributed by atoms with Crippen LogP contribution in [-0.2, 0) is 33.3 Å². The Bertz CT molecular complexity index is 934. The van der Waals surface area contributed by atoms with Crippen LogP contribution in [0.25, 0.3) is 0 Å². The van der Waals surface area contributed by atoms with Crippen LogP contribution < -0.4 is 0 Å². The highest BCUT2D eigenvalue weighted by atomic mass is 16.7. The predicted molar refractivity (Wildman–Crippen MR) is 231 cm³/mol. The van der Waals surface area contributed by atoms with E-state index in [4.69, 9.17) is 18.9 Å². The Kier molecular flexibility index (Phi) is 38.4. The van der Waals surface area contributed by atoms with Gasteiger partial charge in [0.2, 0.25) is 0 Å². The minimum absolute atomic E-state index is 0.178. The molecule has 0 saturated heterocycles. The van der Waals surface area contributed by atoms with E-state index in [0.717, 1.165) is 38.5 Å². The number of carbonyl (C=O) groups is 3. The number of rotatable bonds is 43. The lowest BCUT2D eigenvalue weighted by Crippen LogP contribution is -2.40. The average molecular weight is 797 g/mol. The largest absolute Gasteiger partial charge is 0.477 e. The van der Waals surface area contributed by atoms with Gasteiger partial charge in [-0.1, -0.05) is 174 Å². The normalized spacial score (nSPS) is 12.9. The van der Waals surface area contributed by atoms with Crippen molar-refractivity contribution < 1.29 is 42.9 Å². The molecule has 0 rings (SSSR count). The Labute approximate surface area is 345 Å². The van der Waals surface area contributed by atoms with Crippen LogP contribution in [0.3, 0.4) is 0 Å². The van der Waals surface area contributed by atoms with Crippen LogP contribution in [0.1, 0.15) is 213 Å². The molecule has 0 amide bonds. The Morgan fingerprint density at radius 2 is 0.911 bits per heavy atom. The standard InChI is InChI=1S/C47H89NO8/c1-6-8-10-12-14-15-16-17-18-19-20-21-22-23-24-25-26-27-28-29-30-31-32-34-36-38-45(50)56-43(41-54-44(49)37-35-33-13-11-9-7-2)42-55-47(46(51)52)53-40-39-48(3,4)5/h19-20,43,47H,6-18,21-42H2,1-5H3/p+1/b20-19-. The van der Waals surface area contributed by atoms with Gasteiger partial charge in [0, 0.05) is 12.8 Å². The maximum absolute atomic E-state index is 12.7. The van der Waals surface area contributed by atoms with Crippen LogP contribution in [0.4, 0.5) is 0 Å². The molecule has 0 aromatic carbocycles. The molecular weight excluding hydrogens is 707 g/mol. The van der Waals surface area contributed by atoms with Crippen molar-refractivity contribution in [2.45, 2.75) is 225 Å². The second-order valence-corrected chi connectivity index (χ2v) is 17.1. The number of esters is 2. The van der Waals surface area contributed by atoms with Crippen molar-refractivity contribution in [3.8, 4) is 0 Å². The summed E-state index contributed by atoms with van der Waals surface area (Å²) in [6.45, 7) is 4.82. The van der Waals surface area contributed by atoms with E-state index in [1.165, 1.54) is 148 Å². The lowest BCUT2D eigenvalue weighted by atomic mass is 10.0. The van der Waals surface area contributed by atoms with Gasteiger partial charge in [-0.2, -0.15) is 0 Å². The molecule has 2 unspecified atom stereocenters. The molecule has 0 aromatic rings. The monoisotopic (exact) mass is 797 g/mol. The Hall–Kier alpha value is -1.97. The highest BCUT2D eigenvalue weighted by molar-refractivity contribution is 5.71. The van der Waals surface area contributed by atoms with Gasteiger partial charge in [0.25, 0.3) is 6.29 Å². The van der Waals surface area contributed by atoms with Crippen LogP contribution in [0, 0.1) is 0 Å². The molecule has 330 valence electrons. The number of allylic oxidation sites excluding steroid dienone is 2. The maximum atomic E-state index is 12.7. The molecule has 0 heterocycles. The molecule has 0 aromatic heterocycles. The quantitative estimate of drug-likeness (QED) is 0.0214. The fraction of sp³-hybridized carbons (Fsp3) is 0.894. The summed E-state index contributed by atoms with van der Waals surface area (Å²) in [5, 5.41) is 9.59. The molecule has 0 aliphatic carbocycles. The topological polar surface area (TPSA) is 108 Å². The first kappa shape index (κ1) is 54.0. The number of carboxylic acid groups (broad SMARTS) is 1. The highest BCUT2D eigenvalue weighted by Crippen LogP contribution is 2.15. The second-order valence-electron chi connectivity index (χ2n) is 17.1. The molecule has 0 aliphatic heterocycles. The summed E-state index contributed by atoms with van der Waals surface area (Å²) in [7, 11) is 5.95. The number of hydrogen-bond acceptors (Lipinski definition) is 7. The van der Waals surface area contributed by atoms with Crippen LogP contribution in [0.2, 0.25) is 0 Å². The third-order valence-corrected chi connectivity index (χ3v) is 10.3. The fourth-order valence-electron chi connectivity index (χ4n) is 6.60. The summed E-state index contributed by atoms with van der Waals surface area (Å²) in [5.74, 6) is -2.01. The minimum atomic E-state index is -1.50. The molecule has 0 fully saturated rings. The fourth-order valence-corrected chi connectivity index (χ4v) is 6.60. The smallest absolute Gasteiger partial charge is 0.361 e. The molecule has 56 heavy (non-hydrogen) atoms. The molecule has 2 atom stereocenters. The minimum Gasteiger partial charge on any atom is -0.477 e. The summed E-state index contributed by atoms with van der Waals surface area (Å²) in [5.41, 5.74) is 0. The van der Waals surface area contributed by atoms with Crippen molar-refractivity contribution in [1.29, 1.82) is 0 Å². The summed E-state index contributed by atoms with van der Waals surface area (Å²) < 4.78 is 22.6. The van der Waals surface area contributed by atoms with Crippen LogP contribution in [-0.4, -0.2) is 87.4 Å². The number of aliphatic carboxylic acids is 1. The van der Waals surface area contributed by atoms with Gasteiger partial charge in [-0.15, -0.1) is 0 Å². The number of ether oxygens (including phenoxy) is 4. The first-order chi connectivity index (χ1) is 27.1. The van der Waals surface area contributed by atoms with Crippen molar-refractivity contribution in [3.63, 3.8) is 0 Å². The van der Waals surface area contributed by atoms with Crippen LogP contribution in [0.15, 0.2) is 12.2 Å². The zero-order valence-electron chi connectivity index (χ0n) is 37.3. The van der Waals surface area contributed by atoms with E-state index in [2.05, 4.69) is 26.0 Å². The molecular formula is C47H90NO8+. The molecule has 0 saturated carbocycles. The van der Waals surface area contributed by atoms with Gasteiger partial charge in [0.15, 0.2) is 6.10 Å². The first-order valence-corrected chi connectivity index (χ1v) is 23.4. The van der Waals surface area contributed by atoms with E-state index in [0.29, 0.717) is 17.4 Å². The first-order valence-electron chi connectivity index (χ1n) is 23.4. The predicted octanol–water partition coefficient (Wildman–Crippen LogP) is 12.3. The zero-order chi connectivity index (χ0) is 41.4. The van der Waals surface area contributed by atoms with Gasteiger partial charge >= 0.3 is 17.9 Å². The lowest BCUT2D eigenvalue weighted by Gasteiger charge is -2.25. The van der Waals surface area contributed by atoms with Crippen molar-refractivity contribution in [2.75, 3.05) is 47.5 Å². The number of nitrogens with zero attached hydrogens (tertiary/aromatic N) is 1. The molecule has 9 heteroatoms. The highest BCUT2D eigenvalue weighted by Gasteiger charge is 2.25. The SMILES string of the molecule is CCCCCCCCCC/C=C\CCCCCCCCCCCCCCCC(=O)OC(COC(=O)CCCCCCCC)COC(OCC[N+](C)(C)C)C(=O)O. The molecule has 1 N–H and O–H groups in total. The van der Waals surface area contributed by atoms with Gasteiger partial charge in [-0.05, 0) is 38.5 Å². The van der Waals surface area contributed by atoms with Gasteiger partial charge in [0.05, 0.1) is 34.4 Å². The van der Waals surface area contributed by atoms with E-state index in [9.17, 15) is 19.5 Å². The van der Waals surface area contributed by atoms with E-state index in [1.54, 1.807) is 0 Å². The Balaban J connectivity index is 4.11.